The minimum Gasteiger partial charge on any atom is -0.306 e. The number of hydrogen-bond donors (Lipinski definition) is 0. The van der Waals surface area contributed by atoms with Crippen LogP contribution in [0.25, 0.3) is 0 Å². The van der Waals surface area contributed by atoms with Gasteiger partial charge >= 0.3 is 15.6 Å². The van der Waals surface area contributed by atoms with Gasteiger partial charge in [-0.3, -0.25) is 0 Å². The Morgan fingerprint density at radius 2 is 1.02 bits per heavy atom. The van der Waals surface area contributed by atoms with Gasteiger partial charge in [-0.15, -0.1) is 0 Å². The lowest BCUT2D eigenvalue weighted by atomic mass is 10.0. The topological polar surface area (TPSA) is 43.4 Å². The first-order valence-corrected chi connectivity index (χ1v) is 19.6. The molecule has 0 amide bonds. The van der Waals surface area contributed by atoms with Crippen LogP contribution in [0.2, 0.25) is 22.2 Å². The number of benzene rings is 2. The van der Waals surface area contributed by atoms with Crippen LogP contribution in [0.15, 0.2) is 60.7 Å². The van der Waals surface area contributed by atoms with Crippen molar-refractivity contribution in [3.63, 3.8) is 0 Å². The third-order valence-electron chi connectivity index (χ3n) is 8.51. The molecule has 3 nitrogen and oxygen atoms in total. The molecule has 0 radical (unpaired) electrons. The Bertz CT molecular complexity index is 1130. The zero-order chi connectivity index (χ0) is 31.3. The van der Waals surface area contributed by atoms with E-state index in [4.69, 9.17) is 3.87 Å². The van der Waals surface area contributed by atoms with Gasteiger partial charge in [0.05, 0.1) is 8.80 Å². The molecule has 0 unspecified atom stereocenters. The molecule has 0 atom stereocenters. The van der Waals surface area contributed by atoms with Crippen molar-refractivity contribution in [1.29, 1.82) is 0 Å². The molecule has 2 aromatic carbocycles. The molecule has 228 valence electrons. The summed E-state index contributed by atoms with van der Waals surface area (Å²) in [7, 11) is -9.96. The highest BCUT2D eigenvalue weighted by Gasteiger charge is 2.61. The largest absolute Gasteiger partial charge is 0.522 e. The van der Waals surface area contributed by atoms with Crippen molar-refractivity contribution in [1.82, 2.24) is 0 Å². The maximum absolute atomic E-state index is 13.0. The van der Waals surface area contributed by atoms with E-state index in [1.165, 1.54) is 5.56 Å². The van der Waals surface area contributed by atoms with E-state index in [1.807, 2.05) is 0 Å². The molecule has 0 aromatic heterocycles. The summed E-state index contributed by atoms with van der Waals surface area (Å²) in [6.45, 7) is 25.0. The SMILES string of the molecule is CC(C)[SiH](C(C)C)C(C)(C)c1ccccc1.CC(C)[Si](OS(=O)(=O)C(F)(F)F)(C(C)C)C(C)(C)c1ccccc1. The molecule has 9 heteroatoms. The van der Waals surface area contributed by atoms with Gasteiger partial charge < -0.3 is 3.87 Å². The lowest BCUT2D eigenvalue weighted by Crippen LogP contribution is -2.61. The van der Waals surface area contributed by atoms with Gasteiger partial charge in [-0.2, -0.15) is 21.6 Å². The average molecular weight is 617 g/mol. The first-order chi connectivity index (χ1) is 18.1. The summed E-state index contributed by atoms with van der Waals surface area (Å²) in [5.41, 5.74) is -2.10. The van der Waals surface area contributed by atoms with Gasteiger partial charge in [-0.05, 0) is 27.2 Å². The molecule has 0 aliphatic rings. The standard InChI is InChI=1S/C16H25F3O3SSi.C15H26Si/c1-12(2)24(13(3)4,22-23(20,21)16(17,18)19)15(5,6)14-10-8-7-9-11-14;1-12(2)16(13(3)4)15(5,6)14-10-8-7-9-11-14/h7-13H,1-6H3;7-13,16H,1-6H3. The Kier molecular flexibility index (Phi) is 12.5. The molecule has 0 spiro atoms. The molecular weight excluding hydrogens is 566 g/mol. The van der Waals surface area contributed by atoms with Crippen molar-refractivity contribution < 1.29 is 25.5 Å². The zero-order valence-electron chi connectivity index (χ0n) is 26.4. The van der Waals surface area contributed by atoms with Gasteiger partial charge in [-0.1, -0.05) is 155 Å². The van der Waals surface area contributed by atoms with Crippen molar-refractivity contribution in [3.8, 4) is 0 Å². The van der Waals surface area contributed by atoms with E-state index in [2.05, 4.69) is 71.9 Å². The first-order valence-electron chi connectivity index (χ1n) is 14.2. The Hall–Kier alpha value is -1.43. The van der Waals surface area contributed by atoms with Gasteiger partial charge in [-0.25, -0.2) is 0 Å². The fourth-order valence-corrected chi connectivity index (χ4v) is 21.7. The minimum atomic E-state index is -5.67. The number of alkyl halides is 3. The average Bonchev–Trinajstić information content (AvgIpc) is 2.82. The normalized spacial score (nSPS) is 13.8. The summed E-state index contributed by atoms with van der Waals surface area (Å²) in [5, 5.41) is -0.446. The van der Waals surface area contributed by atoms with Crippen LogP contribution in [0.1, 0.15) is 94.2 Å². The molecule has 0 bridgehead atoms. The number of rotatable bonds is 10. The lowest BCUT2D eigenvalue weighted by Gasteiger charge is -2.49. The second kappa shape index (κ2) is 13.7. The van der Waals surface area contributed by atoms with Crippen LogP contribution < -0.4 is 0 Å². The molecule has 0 aliphatic heterocycles. The van der Waals surface area contributed by atoms with E-state index in [-0.39, 0.29) is 11.1 Å². The zero-order valence-corrected chi connectivity index (χ0v) is 29.4. The monoisotopic (exact) mass is 616 g/mol. The van der Waals surface area contributed by atoms with Gasteiger partial charge in [0, 0.05) is 5.04 Å². The smallest absolute Gasteiger partial charge is 0.306 e. The summed E-state index contributed by atoms with van der Waals surface area (Å²) >= 11 is 0. The lowest BCUT2D eigenvalue weighted by molar-refractivity contribution is -0.0507. The minimum absolute atomic E-state index is 0.343. The van der Waals surface area contributed by atoms with Crippen LogP contribution in [0, 0.1) is 0 Å². The maximum atomic E-state index is 13.0. The quantitative estimate of drug-likeness (QED) is 0.197. The summed E-state index contributed by atoms with van der Waals surface area (Å²) < 4.78 is 67.8. The number of hydrogen-bond acceptors (Lipinski definition) is 3. The van der Waals surface area contributed by atoms with Gasteiger partial charge in [0.15, 0.2) is 0 Å². The van der Waals surface area contributed by atoms with Crippen LogP contribution in [-0.4, -0.2) is 31.0 Å². The van der Waals surface area contributed by atoms with E-state index in [0.29, 0.717) is 5.04 Å². The molecule has 0 aliphatic carbocycles. The highest BCUT2D eigenvalue weighted by atomic mass is 32.2. The Morgan fingerprint density at radius 1 is 0.675 bits per heavy atom. The molecule has 40 heavy (non-hydrogen) atoms. The Morgan fingerprint density at radius 3 is 1.32 bits per heavy atom. The Labute approximate surface area is 244 Å². The van der Waals surface area contributed by atoms with E-state index in [1.54, 1.807) is 71.9 Å². The van der Waals surface area contributed by atoms with E-state index < -0.39 is 37.8 Å². The summed E-state index contributed by atoms with van der Waals surface area (Å²) in [5.74, 6) is 0. The summed E-state index contributed by atoms with van der Waals surface area (Å²) in [6.07, 6.45) is 0. The molecule has 0 saturated carbocycles. The van der Waals surface area contributed by atoms with Gasteiger partial charge in [0.2, 0.25) is 8.32 Å². The number of halogens is 3. The predicted molar refractivity (Wildman–Crippen MR) is 168 cm³/mol. The van der Waals surface area contributed by atoms with E-state index >= 15 is 0 Å². The predicted octanol–water partition coefficient (Wildman–Crippen LogP) is 9.69. The van der Waals surface area contributed by atoms with Crippen LogP contribution >= 0.6 is 0 Å². The molecule has 0 N–H and O–H groups in total. The second-order valence-electron chi connectivity index (χ2n) is 13.2. The molecule has 0 heterocycles. The molecule has 0 saturated heterocycles. The van der Waals surface area contributed by atoms with Crippen molar-refractivity contribution in [3.05, 3.63) is 71.8 Å². The van der Waals surface area contributed by atoms with Crippen LogP contribution in [-0.2, 0) is 24.1 Å². The molecule has 0 fully saturated rings. The fourth-order valence-electron chi connectivity index (χ4n) is 7.21. The van der Waals surface area contributed by atoms with E-state index in [9.17, 15) is 21.6 Å². The molecule has 2 rings (SSSR count). The highest BCUT2D eigenvalue weighted by molar-refractivity contribution is 7.88. The van der Waals surface area contributed by atoms with Gasteiger partial charge in [0.1, 0.15) is 0 Å². The van der Waals surface area contributed by atoms with Crippen LogP contribution in [0.3, 0.4) is 0 Å². The van der Waals surface area contributed by atoms with Crippen molar-refractivity contribution in [2.45, 2.75) is 121 Å². The fraction of sp³-hybridized carbons (Fsp3) is 0.613. The Balaban J connectivity index is 0.000000433. The third kappa shape index (κ3) is 7.89. The van der Waals surface area contributed by atoms with Crippen LogP contribution in [0.5, 0.6) is 0 Å². The summed E-state index contributed by atoms with van der Waals surface area (Å²) in [6, 6.07) is 20.0. The second-order valence-corrected chi connectivity index (χ2v) is 25.5. The van der Waals surface area contributed by atoms with Crippen molar-refractivity contribution in [2.24, 2.45) is 0 Å². The van der Waals surface area contributed by atoms with Crippen molar-refractivity contribution >= 4 is 27.2 Å². The maximum Gasteiger partial charge on any atom is 0.522 e. The third-order valence-corrected chi connectivity index (χ3v) is 21.6. The van der Waals surface area contributed by atoms with E-state index in [0.717, 1.165) is 16.6 Å². The van der Waals surface area contributed by atoms with Crippen LogP contribution in [0.4, 0.5) is 13.2 Å². The first kappa shape index (κ1) is 36.6. The van der Waals surface area contributed by atoms with Gasteiger partial charge in [0.25, 0.3) is 0 Å². The van der Waals surface area contributed by atoms with Crippen molar-refractivity contribution in [2.75, 3.05) is 0 Å². The molecular formula is C31H51F3O3SSi2. The molecule has 2 aromatic rings. The highest BCUT2D eigenvalue weighted by Crippen LogP contribution is 2.50. The summed E-state index contributed by atoms with van der Waals surface area (Å²) in [4.78, 5) is 0.